The van der Waals surface area contributed by atoms with E-state index in [-0.39, 0.29) is 25.3 Å². The van der Waals surface area contributed by atoms with Gasteiger partial charge in [-0.15, -0.1) is 0 Å². The molecule has 0 saturated carbocycles. The summed E-state index contributed by atoms with van der Waals surface area (Å²) in [5.74, 6) is 0. The first-order chi connectivity index (χ1) is 8.15. The van der Waals surface area contributed by atoms with Crippen LogP contribution < -0.4 is 5.32 Å². The van der Waals surface area contributed by atoms with Crippen LogP contribution in [0, 0.1) is 0 Å². The Balaban J connectivity index is 2.21. The number of halogens is 2. The Morgan fingerprint density at radius 2 is 2.00 bits per heavy atom. The number of hydrogen-bond donors (Lipinski definition) is 3. The zero-order chi connectivity index (χ0) is 12.4. The molecule has 1 aromatic carbocycles. The second kappa shape index (κ2) is 5.55. The van der Waals surface area contributed by atoms with Crippen LogP contribution in [0.5, 0.6) is 0 Å². The summed E-state index contributed by atoms with van der Waals surface area (Å²) in [6.07, 6.45) is 1.80. The molecule has 1 aliphatic rings. The van der Waals surface area contributed by atoms with Crippen molar-refractivity contribution in [1.82, 2.24) is 5.32 Å². The molecule has 0 spiro atoms. The van der Waals surface area contributed by atoms with E-state index in [1.165, 1.54) is 0 Å². The molecule has 2 rings (SSSR count). The van der Waals surface area contributed by atoms with Crippen molar-refractivity contribution in [1.29, 1.82) is 0 Å². The van der Waals surface area contributed by atoms with Crippen molar-refractivity contribution < 1.29 is 10.2 Å². The van der Waals surface area contributed by atoms with Gasteiger partial charge in [-0.25, -0.2) is 0 Å². The molecule has 5 heteroatoms. The average molecular weight is 276 g/mol. The van der Waals surface area contributed by atoms with Crippen LogP contribution in [0.15, 0.2) is 12.1 Å². The molecule has 3 N–H and O–H groups in total. The topological polar surface area (TPSA) is 52.5 Å². The number of aliphatic hydroxyl groups is 2. The van der Waals surface area contributed by atoms with Crippen LogP contribution in [-0.4, -0.2) is 29.5 Å². The zero-order valence-electron chi connectivity index (χ0n) is 9.29. The molecule has 1 atom stereocenters. The monoisotopic (exact) mass is 275 g/mol. The van der Waals surface area contributed by atoms with Gasteiger partial charge in [0.15, 0.2) is 0 Å². The first-order valence-corrected chi connectivity index (χ1v) is 6.37. The Bertz CT molecular complexity index is 408. The van der Waals surface area contributed by atoms with Gasteiger partial charge in [0.05, 0.1) is 19.3 Å². The Kier molecular flexibility index (Phi) is 4.28. The third kappa shape index (κ3) is 2.75. The van der Waals surface area contributed by atoms with E-state index in [2.05, 4.69) is 5.32 Å². The summed E-state index contributed by atoms with van der Waals surface area (Å²) < 4.78 is 0. The van der Waals surface area contributed by atoms with Gasteiger partial charge in [0.25, 0.3) is 0 Å². The third-order valence-corrected chi connectivity index (χ3v) is 3.69. The van der Waals surface area contributed by atoms with Crippen molar-refractivity contribution in [3.63, 3.8) is 0 Å². The number of hydrogen-bond acceptors (Lipinski definition) is 3. The van der Waals surface area contributed by atoms with Crippen molar-refractivity contribution in [2.24, 2.45) is 0 Å². The van der Waals surface area contributed by atoms with Crippen molar-refractivity contribution in [2.45, 2.75) is 24.9 Å². The summed E-state index contributed by atoms with van der Waals surface area (Å²) in [5, 5.41) is 22.7. The minimum atomic E-state index is -0.302. The van der Waals surface area contributed by atoms with Gasteiger partial charge in [-0.3, -0.25) is 0 Å². The fourth-order valence-corrected chi connectivity index (χ4v) is 2.87. The van der Waals surface area contributed by atoms with Gasteiger partial charge in [-0.05, 0) is 36.1 Å². The van der Waals surface area contributed by atoms with Crippen LogP contribution in [0.3, 0.4) is 0 Å². The van der Waals surface area contributed by atoms with Crippen LogP contribution >= 0.6 is 23.2 Å². The number of nitrogens with one attached hydrogen (secondary N) is 1. The van der Waals surface area contributed by atoms with E-state index in [0.717, 1.165) is 24.0 Å². The summed E-state index contributed by atoms with van der Waals surface area (Å²) in [6.45, 7) is -0.173. The first kappa shape index (κ1) is 13.1. The fraction of sp³-hybridized carbons (Fsp3) is 0.500. The lowest BCUT2D eigenvalue weighted by Crippen LogP contribution is -2.37. The number of fused-ring (bicyclic) bond motifs is 1. The van der Waals surface area contributed by atoms with Gasteiger partial charge in [0, 0.05) is 16.1 Å². The van der Waals surface area contributed by atoms with Gasteiger partial charge in [0.2, 0.25) is 0 Å². The molecule has 0 aromatic heterocycles. The lowest BCUT2D eigenvalue weighted by atomic mass is 10.1. The zero-order valence-corrected chi connectivity index (χ0v) is 10.8. The second-order valence-corrected chi connectivity index (χ2v) is 5.12. The Hall–Kier alpha value is -0.320. The summed E-state index contributed by atoms with van der Waals surface area (Å²) in [5.41, 5.74) is 2.19. The Morgan fingerprint density at radius 1 is 1.29 bits per heavy atom. The van der Waals surface area contributed by atoms with E-state index in [0.29, 0.717) is 10.0 Å². The van der Waals surface area contributed by atoms with Crippen LogP contribution in [0.1, 0.15) is 23.6 Å². The highest BCUT2D eigenvalue weighted by Crippen LogP contribution is 2.37. The highest BCUT2D eigenvalue weighted by Gasteiger charge is 2.26. The molecule has 94 valence electrons. The summed E-state index contributed by atoms with van der Waals surface area (Å²) in [4.78, 5) is 0. The van der Waals surface area contributed by atoms with E-state index in [4.69, 9.17) is 33.4 Å². The van der Waals surface area contributed by atoms with Crippen molar-refractivity contribution in [3.8, 4) is 0 Å². The Labute approximate surface area is 110 Å². The minimum absolute atomic E-state index is 0.0867. The van der Waals surface area contributed by atoms with E-state index in [1.54, 1.807) is 6.07 Å². The van der Waals surface area contributed by atoms with E-state index < -0.39 is 0 Å². The van der Waals surface area contributed by atoms with Crippen molar-refractivity contribution >= 4 is 23.2 Å². The summed E-state index contributed by atoms with van der Waals surface area (Å²) >= 11 is 12.1. The fourth-order valence-electron chi connectivity index (χ4n) is 2.26. The SMILES string of the molecule is OCC(CO)N[C@H]1CCc2c(Cl)cc(Cl)cc21. The molecule has 0 radical (unpaired) electrons. The minimum Gasteiger partial charge on any atom is -0.395 e. The lowest BCUT2D eigenvalue weighted by Gasteiger charge is -2.20. The second-order valence-electron chi connectivity index (χ2n) is 4.28. The third-order valence-electron chi connectivity index (χ3n) is 3.13. The summed E-state index contributed by atoms with van der Waals surface area (Å²) in [7, 11) is 0. The van der Waals surface area contributed by atoms with Gasteiger partial charge in [-0.1, -0.05) is 23.2 Å². The molecular weight excluding hydrogens is 261 g/mol. The number of aliphatic hydroxyl groups excluding tert-OH is 2. The van der Waals surface area contributed by atoms with Gasteiger partial charge < -0.3 is 15.5 Å². The molecular formula is C12H15Cl2NO2. The maximum atomic E-state index is 9.07. The molecule has 0 amide bonds. The largest absolute Gasteiger partial charge is 0.395 e. The quantitative estimate of drug-likeness (QED) is 0.787. The van der Waals surface area contributed by atoms with E-state index in [9.17, 15) is 0 Å². The van der Waals surface area contributed by atoms with Crippen LogP contribution in [0.2, 0.25) is 10.0 Å². The molecule has 17 heavy (non-hydrogen) atoms. The van der Waals surface area contributed by atoms with Crippen LogP contribution in [-0.2, 0) is 6.42 Å². The Morgan fingerprint density at radius 3 is 2.65 bits per heavy atom. The maximum absolute atomic E-state index is 9.07. The highest BCUT2D eigenvalue weighted by atomic mass is 35.5. The van der Waals surface area contributed by atoms with Gasteiger partial charge >= 0.3 is 0 Å². The molecule has 3 nitrogen and oxygen atoms in total. The maximum Gasteiger partial charge on any atom is 0.0607 e. The molecule has 0 saturated heterocycles. The smallest absolute Gasteiger partial charge is 0.0607 e. The molecule has 0 heterocycles. The highest BCUT2D eigenvalue weighted by molar-refractivity contribution is 6.35. The lowest BCUT2D eigenvalue weighted by molar-refractivity contribution is 0.162. The predicted octanol–water partition coefficient (Wildman–Crippen LogP) is 1.92. The molecule has 0 fully saturated rings. The molecule has 1 aromatic rings. The average Bonchev–Trinajstić information content (AvgIpc) is 2.69. The molecule has 0 bridgehead atoms. The first-order valence-electron chi connectivity index (χ1n) is 5.61. The van der Waals surface area contributed by atoms with Gasteiger partial charge in [0.1, 0.15) is 0 Å². The molecule has 0 unspecified atom stereocenters. The number of benzene rings is 1. The number of rotatable bonds is 4. The summed E-state index contributed by atoms with van der Waals surface area (Å²) in [6, 6.07) is 3.45. The van der Waals surface area contributed by atoms with E-state index >= 15 is 0 Å². The van der Waals surface area contributed by atoms with E-state index in [1.807, 2.05) is 6.07 Å². The standard InChI is InChI=1S/C12H15Cl2NO2/c13-7-3-10-9(11(14)4-7)1-2-12(10)15-8(5-16)6-17/h3-4,8,12,15-17H,1-2,5-6H2/t12-/m0/s1. The van der Waals surface area contributed by atoms with Crippen LogP contribution in [0.4, 0.5) is 0 Å². The van der Waals surface area contributed by atoms with Crippen molar-refractivity contribution in [2.75, 3.05) is 13.2 Å². The molecule has 0 aliphatic heterocycles. The predicted molar refractivity (Wildman–Crippen MR) is 68.6 cm³/mol. The van der Waals surface area contributed by atoms with Crippen molar-refractivity contribution in [3.05, 3.63) is 33.3 Å². The molecule has 1 aliphatic carbocycles. The normalized spacial score (nSPS) is 18.8. The van der Waals surface area contributed by atoms with Gasteiger partial charge in [-0.2, -0.15) is 0 Å². The van der Waals surface area contributed by atoms with Crippen LogP contribution in [0.25, 0.3) is 0 Å².